The minimum atomic E-state index is -0.711. The molecule has 0 fully saturated rings. The van der Waals surface area contributed by atoms with Crippen LogP contribution in [0.1, 0.15) is 43.2 Å². The number of unbranched alkanes of at least 4 members (excludes halogenated alkanes) is 3. The predicted octanol–water partition coefficient (Wildman–Crippen LogP) is 5.83. The van der Waals surface area contributed by atoms with Crippen LogP contribution in [0.4, 0.5) is 11.4 Å². The quantitative estimate of drug-likeness (QED) is 0.428. The van der Waals surface area contributed by atoms with Crippen LogP contribution < -0.4 is 9.62 Å². The lowest BCUT2D eigenvalue weighted by Crippen LogP contribution is -2.06. The van der Waals surface area contributed by atoms with Crippen molar-refractivity contribution in [2.45, 2.75) is 43.4 Å². The number of fused-ring (bicyclic) bond motifs is 2. The summed E-state index contributed by atoms with van der Waals surface area (Å²) < 4.78 is 2.20. The molecule has 0 bridgehead atoms. The molecule has 0 radical (unpaired) electrons. The Morgan fingerprint density at radius 2 is 2.00 bits per heavy atom. The number of anilines is 2. The number of hydrogen-bond donors (Lipinski definition) is 2. The van der Waals surface area contributed by atoms with Crippen LogP contribution in [0.5, 0.6) is 0 Å². The Kier molecular flexibility index (Phi) is 6.91. The molecule has 0 saturated carbocycles. The van der Waals surface area contributed by atoms with Crippen LogP contribution in [0.3, 0.4) is 0 Å². The summed E-state index contributed by atoms with van der Waals surface area (Å²) in [6.45, 7) is 0.863. The van der Waals surface area contributed by atoms with Gasteiger partial charge in [0.05, 0.1) is 5.69 Å². The fourth-order valence-corrected chi connectivity index (χ4v) is 4.69. The van der Waals surface area contributed by atoms with E-state index >= 15 is 0 Å². The number of benzene rings is 2. The fourth-order valence-electron chi connectivity index (χ4n) is 3.37. The molecule has 1 aliphatic rings. The SMILES string of the molecule is CN1Sc2cc(Cl)cc(NCCCCCCC(=O)O)c2Cc2ccccc21. The molecule has 0 unspecified atom stereocenters. The van der Waals surface area contributed by atoms with Gasteiger partial charge in [0.25, 0.3) is 0 Å². The molecule has 0 spiro atoms. The lowest BCUT2D eigenvalue weighted by Gasteiger charge is -2.18. The number of hydrogen-bond acceptors (Lipinski definition) is 4. The molecule has 2 N–H and O–H groups in total. The van der Waals surface area contributed by atoms with Crippen LogP contribution in [0.15, 0.2) is 41.3 Å². The molecule has 0 aromatic heterocycles. The van der Waals surface area contributed by atoms with Crippen LogP contribution in [0.25, 0.3) is 0 Å². The summed E-state index contributed by atoms with van der Waals surface area (Å²) in [5.41, 5.74) is 4.93. The van der Waals surface area contributed by atoms with Crippen LogP contribution >= 0.6 is 23.5 Å². The maximum Gasteiger partial charge on any atom is 0.303 e. The van der Waals surface area contributed by atoms with E-state index < -0.39 is 5.97 Å². The summed E-state index contributed by atoms with van der Waals surface area (Å²) in [6.07, 6.45) is 4.89. The third kappa shape index (κ3) is 5.33. The Balaban J connectivity index is 1.67. The lowest BCUT2D eigenvalue weighted by molar-refractivity contribution is -0.137. The highest BCUT2D eigenvalue weighted by Gasteiger charge is 2.20. The van der Waals surface area contributed by atoms with E-state index in [1.165, 1.54) is 21.7 Å². The molecule has 3 rings (SSSR count). The van der Waals surface area contributed by atoms with E-state index in [1.54, 1.807) is 11.9 Å². The molecule has 0 atom stereocenters. The molecule has 2 aromatic carbocycles. The average Bonchev–Trinajstić information content (AvgIpc) is 2.77. The van der Waals surface area contributed by atoms with Gasteiger partial charge in [-0.15, -0.1) is 0 Å². The third-order valence-corrected chi connectivity index (χ3v) is 5.99. The monoisotopic (exact) mass is 404 g/mol. The minimum Gasteiger partial charge on any atom is -0.481 e. The highest BCUT2D eigenvalue weighted by molar-refractivity contribution is 8.00. The second-order valence-electron chi connectivity index (χ2n) is 6.81. The summed E-state index contributed by atoms with van der Waals surface area (Å²) in [4.78, 5) is 11.7. The highest BCUT2D eigenvalue weighted by Crippen LogP contribution is 2.41. The molecule has 4 nitrogen and oxygen atoms in total. The normalized spacial score (nSPS) is 12.9. The van der Waals surface area contributed by atoms with Gasteiger partial charge in [0.1, 0.15) is 0 Å². The van der Waals surface area contributed by atoms with Crippen LogP contribution in [0, 0.1) is 0 Å². The molecule has 0 aliphatic carbocycles. The van der Waals surface area contributed by atoms with E-state index in [4.69, 9.17) is 16.7 Å². The second-order valence-corrected chi connectivity index (χ2v) is 8.42. The Morgan fingerprint density at radius 1 is 1.22 bits per heavy atom. The van der Waals surface area contributed by atoms with Crippen LogP contribution in [-0.2, 0) is 11.2 Å². The summed E-state index contributed by atoms with van der Waals surface area (Å²) in [7, 11) is 2.09. The van der Waals surface area contributed by atoms with Crippen molar-refractivity contribution >= 4 is 40.9 Å². The fraction of sp³-hybridized carbons (Fsp3) is 0.381. The smallest absolute Gasteiger partial charge is 0.303 e. The Hall–Kier alpha value is -1.85. The van der Waals surface area contributed by atoms with Crippen molar-refractivity contribution in [3.63, 3.8) is 0 Å². The van der Waals surface area contributed by atoms with Gasteiger partial charge in [-0.3, -0.25) is 4.79 Å². The molecular weight excluding hydrogens is 380 g/mol. The largest absolute Gasteiger partial charge is 0.481 e. The Morgan fingerprint density at radius 3 is 2.81 bits per heavy atom. The van der Waals surface area contributed by atoms with Gasteiger partial charge >= 0.3 is 5.97 Å². The zero-order chi connectivity index (χ0) is 19.2. The highest BCUT2D eigenvalue weighted by atomic mass is 35.5. The zero-order valence-electron chi connectivity index (χ0n) is 15.5. The number of nitrogens with zero attached hydrogens (tertiary/aromatic N) is 1. The second kappa shape index (κ2) is 9.38. The molecule has 6 heteroatoms. The Bertz CT molecular complexity index is 813. The van der Waals surface area contributed by atoms with Crippen molar-refractivity contribution in [1.29, 1.82) is 0 Å². The van der Waals surface area contributed by atoms with Crippen molar-refractivity contribution in [1.82, 2.24) is 0 Å². The van der Waals surface area contributed by atoms with Crippen molar-refractivity contribution in [2.75, 3.05) is 23.2 Å². The number of halogens is 1. The molecule has 1 aliphatic heterocycles. The number of para-hydroxylation sites is 1. The molecule has 0 amide bonds. The summed E-state index contributed by atoms with van der Waals surface area (Å²) in [5, 5.41) is 13.0. The predicted molar refractivity (Wildman–Crippen MR) is 114 cm³/mol. The summed E-state index contributed by atoms with van der Waals surface area (Å²) in [5.74, 6) is -0.711. The van der Waals surface area contributed by atoms with Gasteiger partial charge in [-0.1, -0.05) is 42.6 Å². The summed E-state index contributed by atoms with van der Waals surface area (Å²) in [6, 6.07) is 12.5. The minimum absolute atomic E-state index is 0.263. The van der Waals surface area contributed by atoms with E-state index in [0.29, 0.717) is 0 Å². The van der Waals surface area contributed by atoms with Gasteiger partial charge in [-0.2, -0.15) is 0 Å². The van der Waals surface area contributed by atoms with E-state index in [-0.39, 0.29) is 6.42 Å². The first-order chi connectivity index (χ1) is 13.0. The maximum atomic E-state index is 10.6. The van der Waals surface area contributed by atoms with Gasteiger partial charge in [0, 0.05) is 42.0 Å². The number of aliphatic carboxylic acids is 1. The van der Waals surface area contributed by atoms with E-state index in [0.717, 1.165) is 49.4 Å². The summed E-state index contributed by atoms with van der Waals surface area (Å²) >= 11 is 8.09. The van der Waals surface area contributed by atoms with Crippen molar-refractivity contribution in [3.05, 3.63) is 52.5 Å². The maximum absolute atomic E-state index is 10.6. The first-order valence-electron chi connectivity index (χ1n) is 9.32. The number of rotatable bonds is 8. The molecule has 1 heterocycles. The van der Waals surface area contributed by atoms with E-state index in [1.807, 2.05) is 12.1 Å². The molecule has 2 aromatic rings. The average molecular weight is 405 g/mol. The van der Waals surface area contributed by atoms with Gasteiger partial charge < -0.3 is 14.7 Å². The van der Waals surface area contributed by atoms with Gasteiger partial charge in [0.15, 0.2) is 0 Å². The number of carboxylic acid groups (broad SMARTS) is 1. The topological polar surface area (TPSA) is 52.6 Å². The van der Waals surface area contributed by atoms with Gasteiger partial charge in [-0.25, -0.2) is 0 Å². The number of nitrogens with one attached hydrogen (secondary N) is 1. The molecular formula is C21H25ClN2O2S. The molecule has 144 valence electrons. The Labute approximate surface area is 170 Å². The standard InChI is InChI=1S/C21H25ClN2O2S/c1-24-19-9-6-5-8-15(19)12-17-18(13-16(22)14-20(17)27-24)23-11-7-3-2-4-10-21(25)26/h5-6,8-9,13-14,23H,2-4,7,10-12H2,1H3,(H,25,26). The zero-order valence-corrected chi connectivity index (χ0v) is 17.1. The van der Waals surface area contributed by atoms with E-state index in [2.05, 4.69) is 40.9 Å². The van der Waals surface area contributed by atoms with Crippen molar-refractivity contribution < 1.29 is 9.90 Å². The molecule has 0 saturated heterocycles. The third-order valence-electron chi connectivity index (χ3n) is 4.74. The van der Waals surface area contributed by atoms with Crippen LogP contribution in [0.2, 0.25) is 5.02 Å². The van der Waals surface area contributed by atoms with Crippen LogP contribution in [-0.4, -0.2) is 24.7 Å². The first kappa shape index (κ1) is 19.9. The van der Waals surface area contributed by atoms with Gasteiger partial charge in [0.2, 0.25) is 0 Å². The van der Waals surface area contributed by atoms with Crippen molar-refractivity contribution in [2.24, 2.45) is 0 Å². The van der Waals surface area contributed by atoms with Crippen molar-refractivity contribution in [3.8, 4) is 0 Å². The number of carboxylic acids is 1. The van der Waals surface area contributed by atoms with E-state index in [9.17, 15) is 4.79 Å². The lowest BCUT2D eigenvalue weighted by atomic mass is 10.0. The first-order valence-corrected chi connectivity index (χ1v) is 10.5. The van der Waals surface area contributed by atoms with Gasteiger partial charge in [-0.05, 0) is 54.1 Å². The molecule has 27 heavy (non-hydrogen) atoms. The number of carbonyl (C=O) groups is 1.